The van der Waals surface area contributed by atoms with E-state index < -0.39 is 0 Å². The molecule has 3 rings (SSSR count). The van der Waals surface area contributed by atoms with Crippen molar-refractivity contribution in [2.75, 3.05) is 33.2 Å². The highest BCUT2D eigenvalue weighted by Gasteiger charge is 2.27. The minimum atomic E-state index is 0.0227. The standard InChI is InChI=1S/C18H29N5OS/c1-5-14(22-10-8-21(4)9-11-22)16-20-17-15(19-12-25-17)18(24)23(16)7-6-13(2)3/h12-14H,5-11H2,1-4H3. The van der Waals surface area contributed by atoms with Crippen molar-refractivity contribution >= 4 is 21.7 Å². The highest BCUT2D eigenvalue weighted by Crippen LogP contribution is 2.25. The summed E-state index contributed by atoms with van der Waals surface area (Å²) in [6, 6.07) is 0.195. The first kappa shape index (κ1) is 18.5. The fraction of sp³-hybridized carbons (Fsp3) is 0.722. The van der Waals surface area contributed by atoms with Crippen LogP contribution in [0.15, 0.2) is 10.3 Å². The number of rotatable bonds is 6. The topological polar surface area (TPSA) is 54.3 Å². The van der Waals surface area contributed by atoms with Gasteiger partial charge in [-0.3, -0.25) is 14.3 Å². The van der Waals surface area contributed by atoms with Gasteiger partial charge in [-0.15, -0.1) is 11.3 Å². The van der Waals surface area contributed by atoms with Gasteiger partial charge in [-0.2, -0.15) is 0 Å². The molecule has 0 N–H and O–H groups in total. The Bertz CT molecular complexity index is 760. The van der Waals surface area contributed by atoms with Crippen LogP contribution < -0.4 is 5.56 Å². The third-order valence-electron chi connectivity index (χ3n) is 5.08. The summed E-state index contributed by atoms with van der Waals surface area (Å²) in [6.45, 7) is 11.5. The molecule has 138 valence electrons. The first-order valence-electron chi connectivity index (χ1n) is 9.27. The maximum atomic E-state index is 13.0. The van der Waals surface area contributed by atoms with Crippen molar-refractivity contribution in [1.29, 1.82) is 0 Å². The summed E-state index contributed by atoms with van der Waals surface area (Å²) in [6.07, 6.45) is 1.94. The Morgan fingerprint density at radius 2 is 1.96 bits per heavy atom. The van der Waals surface area contributed by atoms with Gasteiger partial charge in [0.25, 0.3) is 5.56 Å². The maximum absolute atomic E-state index is 13.0. The van der Waals surface area contributed by atoms with Crippen LogP contribution >= 0.6 is 11.3 Å². The number of thiazole rings is 1. The summed E-state index contributed by atoms with van der Waals surface area (Å²) >= 11 is 1.46. The Morgan fingerprint density at radius 3 is 2.60 bits per heavy atom. The Balaban J connectivity index is 2.02. The van der Waals surface area contributed by atoms with Gasteiger partial charge in [0.05, 0.1) is 11.6 Å². The molecule has 1 atom stereocenters. The van der Waals surface area contributed by atoms with E-state index in [0.29, 0.717) is 11.4 Å². The van der Waals surface area contributed by atoms with Crippen molar-refractivity contribution in [3.63, 3.8) is 0 Å². The van der Waals surface area contributed by atoms with E-state index in [4.69, 9.17) is 4.98 Å². The average Bonchev–Trinajstić information content (AvgIpc) is 3.05. The highest BCUT2D eigenvalue weighted by molar-refractivity contribution is 7.16. The van der Waals surface area contributed by atoms with Gasteiger partial charge in [0.1, 0.15) is 5.82 Å². The molecule has 2 aromatic rings. The van der Waals surface area contributed by atoms with Gasteiger partial charge in [0.15, 0.2) is 10.3 Å². The van der Waals surface area contributed by atoms with Crippen molar-refractivity contribution in [1.82, 2.24) is 24.3 Å². The van der Waals surface area contributed by atoms with Gasteiger partial charge in [-0.25, -0.2) is 9.97 Å². The lowest BCUT2D eigenvalue weighted by Crippen LogP contribution is -2.47. The van der Waals surface area contributed by atoms with Crippen LogP contribution in [0.4, 0.5) is 0 Å². The van der Waals surface area contributed by atoms with Crippen LogP contribution in [0.3, 0.4) is 0 Å². The molecule has 1 fully saturated rings. The smallest absolute Gasteiger partial charge is 0.280 e. The Kier molecular flexibility index (Phi) is 5.86. The van der Waals surface area contributed by atoms with Crippen LogP contribution in [0.2, 0.25) is 0 Å². The Hall–Kier alpha value is -1.31. The fourth-order valence-corrected chi connectivity index (χ4v) is 4.11. The molecule has 0 spiro atoms. The molecule has 1 aliphatic rings. The molecule has 1 saturated heterocycles. The van der Waals surface area contributed by atoms with Gasteiger partial charge >= 0.3 is 0 Å². The van der Waals surface area contributed by atoms with E-state index in [0.717, 1.165) is 56.2 Å². The molecule has 0 radical (unpaired) electrons. The molecule has 1 unspecified atom stereocenters. The molecule has 2 aromatic heterocycles. The van der Waals surface area contributed by atoms with Crippen molar-refractivity contribution < 1.29 is 0 Å². The van der Waals surface area contributed by atoms with E-state index >= 15 is 0 Å². The monoisotopic (exact) mass is 363 g/mol. The fourth-order valence-electron chi connectivity index (χ4n) is 3.46. The lowest BCUT2D eigenvalue weighted by molar-refractivity contribution is 0.102. The van der Waals surface area contributed by atoms with Crippen molar-refractivity contribution in [2.24, 2.45) is 5.92 Å². The maximum Gasteiger partial charge on any atom is 0.280 e. The number of likely N-dealkylation sites (N-methyl/N-ethyl adjacent to an activating group) is 1. The lowest BCUT2D eigenvalue weighted by Gasteiger charge is -2.37. The van der Waals surface area contributed by atoms with Crippen molar-refractivity contribution in [3.05, 3.63) is 21.7 Å². The largest absolute Gasteiger partial charge is 0.304 e. The van der Waals surface area contributed by atoms with Gasteiger partial charge < -0.3 is 4.90 Å². The van der Waals surface area contributed by atoms with Gasteiger partial charge in [-0.05, 0) is 25.8 Å². The van der Waals surface area contributed by atoms with Gasteiger partial charge in [0.2, 0.25) is 0 Å². The molecule has 1 aliphatic heterocycles. The van der Waals surface area contributed by atoms with Crippen LogP contribution in [0, 0.1) is 5.92 Å². The third-order valence-corrected chi connectivity index (χ3v) is 5.80. The summed E-state index contributed by atoms with van der Waals surface area (Å²) in [5, 5.41) is 0. The third kappa shape index (κ3) is 3.93. The minimum absolute atomic E-state index is 0.0227. The molecular formula is C18H29N5OS. The summed E-state index contributed by atoms with van der Waals surface area (Å²) in [7, 11) is 2.17. The zero-order valence-electron chi connectivity index (χ0n) is 15.7. The first-order chi connectivity index (χ1) is 12.0. The number of nitrogens with zero attached hydrogens (tertiary/aromatic N) is 5. The van der Waals surface area contributed by atoms with E-state index in [-0.39, 0.29) is 11.6 Å². The summed E-state index contributed by atoms with van der Waals surface area (Å²) in [5.41, 5.74) is 2.27. The normalized spacial score (nSPS) is 18.3. The van der Waals surface area contributed by atoms with E-state index in [2.05, 4.69) is 42.6 Å². The molecule has 3 heterocycles. The van der Waals surface area contributed by atoms with Crippen LogP contribution in [0.5, 0.6) is 0 Å². The number of hydrogen-bond acceptors (Lipinski definition) is 6. The quantitative estimate of drug-likeness (QED) is 0.790. The predicted molar refractivity (Wildman–Crippen MR) is 103 cm³/mol. The van der Waals surface area contributed by atoms with Crippen molar-refractivity contribution in [2.45, 2.75) is 46.2 Å². The summed E-state index contributed by atoms with van der Waals surface area (Å²) in [4.78, 5) is 27.8. The second-order valence-electron chi connectivity index (χ2n) is 7.38. The molecule has 7 heteroatoms. The molecule has 6 nitrogen and oxygen atoms in total. The lowest BCUT2D eigenvalue weighted by atomic mass is 10.1. The SMILES string of the molecule is CCC(c1nc2scnc2c(=O)n1CCC(C)C)N1CCN(C)CC1. The van der Waals surface area contributed by atoms with E-state index in [1.165, 1.54) is 11.3 Å². The van der Waals surface area contributed by atoms with Gasteiger partial charge in [0, 0.05) is 32.7 Å². The molecule has 0 aromatic carbocycles. The average molecular weight is 364 g/mol. The van der Waals surface area contributed by atoms with E-state index in [9.17, 15) is 4.79 Å². The molecular weight excluding hydrogens is 334 g/mol. The zero-order chi connectivity index (χ0) is 18.0. The number of hydrogen-bond donors (Lipinski definition) is 0. The second-order valence-corrected chi connectivity index (χ2v) is 8.21. The Labute approximate surface area is 153 Å². The van der Waals surface area contributed by atoms with E-state index in [1.807, 2.05) is 4.57 Å². The van der Waals surface area contributed by atoms with Crippen molar-refractivity contribution in [3.8, 4) is 0 Å². The van der Waals surface area contributed by atoms with Crippen LogP contribution in [-0.2, 0) is 6.54 Å². The number of piperazine rings is 1. The van der Waals surface area contributed by atoms with Gasteiger partial charge in [-0.1, -0.05) is 20.8 Å². The number of fused-ring (bicyclic) bond motifs is 1. The molecule has 0 aliphatic carbocycles. The highest BCUT2D eigenvalue weighted by atomic mass is 32.1. The zero-order valence-corrected chi connectivity index (χ0v) is 16.6. The minimum Gasteiger partial charge on any atom is -0.304 e. The summed E-state index contributed by atoms with van der Waals surface area (Å²) < 4.78 is 1.90. The second kappa shape index (κ2) is 7.93. The van der Waals surface area contributed by atoms with E-state index in [1.54, 1.807) is 5.51 Å². The molecule has 0 amide bonds. The summed E-state index contributed by atoms with van der Waals surface area (Å²) in [5.74, 6) is 1.48. The predicted octanol–water partition coefficient (Wildman–Crippen LogP) is 2.60. The molecule has 25 heavy (non-hydrogen) atoms. The van der Waals surface area contributed by atoms with Crippen LogP contribution in [-0.4, -0.2) is 57.6 Å². The van der Waals surface area contributed by atoms with Crippen LogP contribution in [0.1, 0.15) is 45.5 Å². The number of aromatic nitrogens is 3. The Morgan fingerprint density at radius 1 is 1.24 bits per heavy atom. The molecule has 0 bridgehead atoms. The first-order valence-corrected chi connectivity index (χ1v) is 10.2. The van der Waals surface area contributed by atoms with Crippen LogP contribution in [0.25, 0.3) is 10.3 Å². The molecule has 0 saturated carbocycles.